The predicted octanol–water partition coefficient (Wildman–Crippen LogP) is 1.54. The summed E-state index contributed by atoms with van der Waals surface area (Å²) in [5.41, 5.74) is 0.0879. The third-order valence-corrected chi connectivity index (χ3v) is 3.74. The number of aromatic nitrogens is 2. The van der Waals surface area contributed by atoms with Gasteiger partial charge in [-0.15, -0.1) is 5.10 Å². The van der Waals surface area contributed by atoms with E-state index in [1.165, 1.54) is 17.3 Å². The summed E-state index contributed by atoms with van der Waals surface area (Å²) < 4.78 is 1.52. The van der Waals surface area contributed by atoms with Crippen LogP contribution in [0.1, 0.15) is 26.7 Å². The molecular formula is C13H23N5O2. The minimum Gasteiger partial charge on any atom is -0.347 e. The second-order valence-electron chi connectivity index (χ2n) is 5.73. The molecule has 1 aromatic heterocycles. The van der Waals surface area contributed by atoms with Gasteiger partial charge < -0.3 is 10.2 Å². The fraction of sp³-hybridized carbons (Fsp3) is 0.769. The molecule has 7 heteroatoms. The molecular weight excluding hydrogens is 258 g/mol. The first kappa shape index (κ1) is 14.8. The summed E-state index contributed by atoms with van der Waals surface area (Å²) in [7, 11) is 1.72. The van der Waals surface area contributed by atoms with Crippen LogP contribution in [-0.2, 0) is 7.05 Å². The summed E-state index contributed by atoms with van der Waals surface area (Å²) in [6.07, 6.45) is 3.81. The third kappa shape index (κ3) is 3.27. The monoisotopic (exact) mass is 281 g/mol. The second kappa shape index (κ2) is 6.21. The minimum absolute atomic E-state index is 0.0879. The minimum atomic E-state index is -0.350. The van der Waals surface area contributed by atoms with Gasteiger partial charge in [-0.2, -0.15) is 0 Å². The zero-order valence-corrected chi connectivity index (χ0v) is 12.4. The van der Waals surface area contributed by atoms with E-state index in [1.54, 1.807) is 7.05 Å². The summed E-state index contributed by atoms with van der Waals surface area (Å²) in [6.45, 7) is 6.96. The van der Waals surface area contributed by atoms with Crippen LogP contribution >= 0.6 is 0 Å². The average molecular weight is 281 g/mol. The van der Waals surface area contributed by atoms with Crippen LogP contribution < -0.4 is 10.2 Å². The number of hydrogen-bond acceptors (Lipinski definition) is 5. The lowest BCUT2D eigenvalue weighted by atomic mass is 9.98. The molecule has 0 aromatic carbocycles. The van der Waals surface area contributed by atoms with Crippen LogP contribution in [0.15, 0.2) is 6.20 Å². The molecule has 0 saturated carbocycles. The van der Waals surface area contributed by atoms with Crippen molar-refractivity contribution in [2.45, 2.75) is 32.7 Å². The first-order valence-electron chi connectivity index (χ1n) is 7.14. The number of nitro groups is 1. The molecule has 1 aliphatic rings. The molecule has 0 radical (unpaired) electrons. The van der Waals surface area contributed by atoms with Crippen LogP contribution in [-0.4, -0.2) is 40.4 Å². The van der Waals surface area contributed by atoms with E-state index in [9.17, 15) is 10.1 Å². The van der Waals surface area contributed by atoms with Crippen LogP contribution in [0.5, 0.6) is 0 Å². The Labute approximate surface area is 119 Å². The number of piperidine rings is 1. The molecule has 2 rings (SSSR count). The maximum Gasteiger partial charge on any atom is 0.330 e. The Hall–Kier alpha value is -1.63. The van der Waals surface area contributed by atoms with E-state index in [-0.39, 0.29) is 16.7 Å². The van der Waals surface area contributed by atoms with Crippen molar-refractivity contribution in [3.8, 4) is 0 Å². The Morgan fingerprint density at radius 2 is 2.40 bits per heavy atom. The average Bonchev–Trinajstić information content (AvgIpc) is 2.79. The van der Waals surface area contributed by atoms with E-state index in [1.807, 2.05) is 0 Å². The zero-order valence-electron chi connectivity index (χ0n) is 12.4. The molecule has 7 nitrogen and oxygen atoms in total. The normalized spacial score (nSPS) is 19.3. The number of nitrogens with zero attached hydrogens (tertiary/aromatic N) is 4. The van der Waals surface area contributed by atoms with Gasteiger partial charge in [-0.3, -0.25) is 14.8 Å². The topological polar surface area (TPSA) is 76.2 Å². The van der Waals surface area contributed by atoms with Crippen molar-refractivity contribution in [2.24, 2.45) is 13.0 Å². The molecule has 1 saturated heterocycles. The molecule has 0 amide bonds. The summed E-state index contributed by atoms with van der Waals surface area (Å²) in [5, 5.41) is 18.9. The van der Waals surface area contributed by atoms with Gasteiger partial charge in [0.15, 0.2) is 0 Å². The van der Waals surface area contributed by atoms with Crippen molar-refractivity contribution in [2.75, 3.05) is 24.5 Å². The Bertz CT molecular complexity index is 465. The maximum absolute atomic E-state index is 11.2. The highest BCUT2D eigenvalue weighted by atomic mass is 16.6. The molecule has 0 spiro atoms. The van der Waals surface area contributed by atoms with Crippen LogP contribution in [0.4, 0.5) is 11.5 Å². The van der Waals surface area contributed by atoms with Crippen LogP contribution in [0.3, 0.4) is 0 Å². The van der Waals surface area contributed by atoms with Crippen LogP contribution in [0.25, 0.3) is 0 Å². The molecule has 1 fully saturated rings. The largest absolute Gasteiger partial charge is 0.347 e. The molecule has 1 N–H and O–H groups in total. The number of anilines is 1. The smallest absolute Gasteiger partial charge is 0.330 e. The van der Waals surface area contributed by atoms with Gasteiger partial charge >= 0.3 is 5.69 Å². The van der Waals surface area contributed by atoms with Crippen molar-refractivity contribution in [3.05, 3.63) is 16.3 Å². The van der Waals surface area contributed by atoms with E-state index in [0.29, 0.717) is 11.7 Å². The summed E-state index contributed by atoms with van der Waals surface area (Å²) in [5.74, 6) is 1.01. The van der Waals surface area contributed by atoms with Gasteiger partial charge in [0.1, 0.15) is 6.20 Å². The number of hydrogen-bond donors (Lipinski definition) is 1. The SMILES string of the molecule is CC(C)N(CC1CCCNC1)c1nn(C)cc1[N+](=O)[O-]. The molecule has 20 heavy (non-hydrogen) atoms. The molecule has 1 unspecified atom stereocenters. The molecule has 0 bridgehead atoms. The molecule has 0 aliphatic carbocycles. The molecule has 112 valence electrons. The summed E-state index contributed by atoms with van der Waals surface area (Å²) in [6, 6.07) is 0.186. The zero-order chi connectivity index (χ0) is 14.7. The Kier molecular flexibility index (Phi) is 4.59. The standard InChI is InChI=1S/C13H23N5O2/c1-10(2)17(8-11-5-4-6-14-7-11)13-12(18(19)20)9-16(3)15-13/h9-11,14H,4-8H2,1-3H3. The fourth-order valence-electron chi connectivity index (χ4n) is 2.70. The first-order chi connectivity index (χ1) is 9.49. The third-order valence-electron chi connectivity index (χ3n) is 3.74. The van der Waals surface area contributed by atoms with Crippen molar-refractivity contribution in [3.63, 3.8) is 0 Å². The highest BCUT2D eigenvalue weighted by molar-refractivity contribution is 5.57. The first-order valence-corrected chi connectivity index (χ1v) is 7.14. The number of aryl methyl sites for hydroxylation is 1. The summed E-state index contributed by atoms with van der Waals surface area (Å²) >= 11 is 0. The highest BCUT2D eigenvalue weighted by Gasteiger charge is 2.28. The maximum atomic E-state index is 11.2. The van der Waals surface area contributed by atoms with Crippen LogP contribution in [0, 0.1) is 16.0 Å². The lowest BCUT2D eigenvalue weighted by Gasteiger charge is -2.32. The number of rotatable bonds is 5. The molecule has 1 aromatic rings. The second-order valence-corrected chi connectivity index (χ2v) is 5.73. The molecule has 1 atom stereocenters. The summed E-state index contributed by atoms with van der Waals surface area (Å²) in [4.78, 5) is 12.9. The predicted molar refractivity (Wildman–Crippen MR) is 77.9 cm³/mol. The highest BCUT2D eigenvalue weighted by Crippen LogP contribution is 2.29. The van der Waals surface area contributed by atoms with Crippen molar-refractivity contribution < 1.29 is 4.92 Å². The van der Waals surface area contributed by atoms with Gasteiger partial charge in [-0.1, -0.05) is 0 Å². The van der Waals surface area contributed by atoms with E-state index < -0.39 is 0 Å². The Morgan fingerprint density at radius 3 is 2.95 bits per heavy atom. The lowest BCUT2D eigenvalue weighted by Crippen LogP contribution is -2.41. The lowest BCUT2D eigenvalue weighted by molar-refractivity contribution is -0.384. The Balaban J connectivity index is 2.21. The van der Waals surface area contributed by atoms with Gasteiger partial charge in [-0.25, -0.2) is 0 Å². The number of nitrogens with one attached hydrogen (secondary N) is 1. The van der Waals surface area contributed by atoms with Gasteiger partial charge in [0, 0.05) is 19.6 Å². The van der Waals surface area contributed by atoms with Crippen molar-refractivity contribution in [1.82, 2.24) is 15.1 Å². The quantitative estimate of drug-likeness (QED) is 0.654. The van der Waals surface area contributed by atoms with E-state index in [4.69, 9.17) is 0 Å². The van der Waals surface area contributed by atoms with Crippen LogP contribution in [0.2, 0.25) is 0 Å². The van der Waals surface area contributed by atoms with Gasteiger partial charge in [-0.05, 0) is 45.7 Å². The molecule has 2 heterocycles. The van der Waals surface area contributed by atoms with Gasteiger partial charge in [0.2, 0.25) is 5.82 Å². The van der Waals surface area contributed by atoms with Gasteiger partial charge in [0.05, 0.1) is 4.92 Å². The van der Waals surface area contributed by atoms with E-state index in [2.05, 4.69) is 29.2 Å². The van der Waals surface area contributed by atoms with Crippen molar-refractivity contribution >= 4 is 11.5 Å². The van der Waals surface area contributed by atoms with E-state index in [0.717, 1.165) is 26.1 Å². The fourth-order valence-corrected chi connectivity index (χ4v) is 2.70. The van der Waals surface area contributed by atoms with Gasteiger partial charge in [0.25, 0.3) is 0 Å². The van der Waals surface area contributed by atoms with Crippen molar-refractivity contribution in [1.29, 1.82) is 0 Å². The van der Waals surface area contributed by atoms with E-state index >= 15 is 0 Å². The molecule has 1 aliphatic heterocycles. The Morgan fingerprint density at radius 1 is 1.65 bits per heavy atom.